The van der Waals surface area contributed by atoms with Crippen molar-refractivity contribution in [2.24, 2.45) is 5.73 Å². The number of sulfone groups is 1. The molecule has 1 heterocycles. The first-order valence-corrected chi connectivity index (χ1v) is 6.16. The number of nitrogens with two attached hydrogens (primary N) is 1. The summed E-state index contributed by atoms with van der Waals surface area (Å²) in [4.78, 5) is 0.321. The summed E-state index contributed by atoms with van der Waals surface area (Å²) in [7, 11) is -3.23. The van der Waals surface area contributed by atoms with E-state index in [0.717, 1.165) is 0 Å². The molecule has 3 nitrogen and oxygen atoms in total. The highest BCUT2D eigenvalue weighted by Crippen LogP contribution is 2.38. The van der Waals surface area contributed by atoms with Crippen molar-refractivity contribution in [3.8, 4) is 0 Å². The van der Waals surface area contributed by atoms with Crippen molar-refractivity contribution >= 4 is 21.4 Å². The van der Waals surface area contributed by atoms with Gasteiger partial charge in [-0.25, -0.2) is 8.42 Å². The normalized spacial score (nSPS) is 28.8. The summed E-state index contributed by atoms with van der Waals surface area (Å²) < 4.78 is 23.6. The van der Waals surface area contributed by atoms with E-state index in [9.17, 15) is 8.42 Å². The van der Waals surface area contributed by atoms with E-state index in [0.29, 0.717) is 15.5 Å². The fourth-order valence-corrected chi connectivity index (χ4v) is 3.58. The Labute approximate surface area is 87.8 Å². The summed E-state index contributed by atoms with van der Waals surface area (Å²) in [5.74, 6) is 0. The van der Waals surface area contributed by atoms with Crippen LogP contribution in [-0.2, 0) is 9.84 Å². The summed E-state index contributed by atoms with van der Waals surface area (Å²) in [6.07, 6.45) is 0. The number of hydrogen-bond donors (Lipinski definition) is 1. The van der Waals surface area contributed by atoms with Crippen molar-refractivity contribution in [1.82, 2.24) is 0 Å². The van der Waals surface area contributed by atoms with Gasteiger partial charge in [-0.3, -0.25) is 0 Å². The molecular formula is C9H10ClNO2S. The molecule has 1 aliphatic heterocycles. The molecule has 2 rings (SSSR count). The van der Waals surface area contributed by atoms with Crippen LogP contribution in [0.4, 0.5) is 0 Å². The molecule has 0 fully saturated rings. The first-order chi connectivity index (χ1) is 6.44. The van der Waals surface area contributed by atoms with E-state index in [2.05, 4.69) is 0 Å². The third-order valence-electron chi connectivity index (χ3n) is 2.63. The zero-order valence-electron chi connectivity index (χ0n) is 7.57. The fourth-order valence-electron chi connectivity index (χ4n) is 1.69. The minimum atomic E-state index is -3.23. The second-order valence-corrected chi connectivity index (χ2v) is 6.17. The number of benzene rings is 1. The maximum Gasteiger partial charge on any atom is 0.183 e. The van der Waals surface area contributed by atoms with Crippen molar-refractivity contribution in [2.75, 3.05) is 0 Å². The lowest BCUT2D eigenvalue weighted by Crippen LogP contribution is -2.23. The van der Waals surface area contributed by atoms with E-state index in [-0.39, 0.29) is 0 Å². The van der Waals surface area contributed by atoms with E-state index in [1.807, 2.05) is 0 Å². The van der Waals surface area contributed by atoms with Crippen molar-refractivity contribution in [3.05, 3.63) is 28.8 Å². The summed E-state index contributed by atoms with van der Waals surface area (Å²) in [6, 6.07) is 4.26. The Bertz CT molecular complexity index is 484. The molecule has 1 aliphatic rings. The van der Waals surface area contributed by atoms with Gasteiger partial charge in [-0.1, -0.05) is 11.6 Å². The predicted octanol–water partition coefficient (Wildman–Crippen LogP) is 1.52. The van der Waals surface area contributed by atoms with E-state index in [4.69, 9.17) is 17.3 Å². The smallest absolute Gasteiger partial charge is 0.183 e. The third-order valence-corrected chi connectivity index (χ3v) is 5.12. The maximum absolute atomic E-state index is 11.8. The van der Waals surface area contributed by atoms with E-state index in [1.165, 1.54) is 6.07 Å². The van der Waals surface area contributed by atoms with Gasteiger partial charge >= 0.3 is 0 Å². The Morgan fingerprint density at radius 2 is 2.07 bits per heavy atom. The Hall–Kier alpha value is -0.580. The average Bonchev–Trinajstić information content (AvgIpc) is 2.28. The van der Waals surface area contributed by atoms with Gasteiger partial charge < -0.3 is 5.73 Å². The third kappa shape index (κ3) is 1.18. The van der Waals surface area contributed by atoms with Crippen LogP contribution in [0.2, 0.25) is 5.02 Å². The molecule has 1 aromatic carbocycles. The SMILES string of the molecule is CC1C(N)c2cc(Cl)ccc2S1(=O)=O. The molecule has 0 spiro atoms. The zero-order chi connectivity index (χ0) is 10.5. The lowest BCUT2D eigenvalue weighted by molar-refractivity contribution is 0.581. The molecule has 0 saturated heterocycles. The van der Waals surface area contributed by atoms with Crippen LogP contribution in [0.25, 0.3) is 0 Å². The van der Waals surface area contributed by atoms with Crippen LogP contribution in [0, 0.1) is 0 Å². The molecular weight excluding hydrogens is 222 g/mol. The standard InChI is InChI=1S/C9H10ClNO2S/c1-5-9(11)7-4-6(10)2-3-8(7)14(5,12)13/h2-5,9H,11H2,1H3. The van der Waals surface area contributed by atoms with E-state index in [1.54, 1.807) is 19.1 Å². The molecule has 5 heteroatoms. The van der Waals surface area contributed by atoms with Crippen LogP contribution >= 0.6 is 11.6 Å². The van der Waals surface area contributed by atoms with E-state index < -0.39 is 21.1 Å². The first kappa shape index (κ1) is 9.96. The molecule has 2 N–H and O–H groups in total. The van der Waals surface area contributed by atoms with Gasteiger partial charge in [0.2, 0.25) is 0 Å². The minimum Gasteiger partial charge on any atom is -0.323 e. The number of hydrogen-bond acceptors (Lipinski definition) is 3. The quantitative estimate of drug-likeness (QED) is 0.737. The number of fused-ring (bicyclic) bond motifs is 1. The van der Waals surface area contributed by atoms with Gasteiger partial charge in [-0.15, -0.1) is 0 Å². The van der Waals surface area contributed by atoms with Gasteiger partial charge in [0.25, 0.3) is 0 Å². The van der Waals surface area contributed by atoms with Crippen LogP contribution in [0.1, 0.15) is 18.5 Å². The van der Waals surface area contributed by atoms with Crippen molar-refractivity contribution in [3.63, 3.8) is 0 Å². The molecule has 1 aromatic rings. The molecule has 0 amide bonds. The molecule has 76 valence electrons. The van der Waals surface area contributed by atoms with Crippen LogP contribution < -0.4 is 5.73 Å². The van der Waals surface area contributed by atoms with Crippen LogP contribution in [0.3, 0.4) is 0 Å². The molecule has 2 unspecified atom stereocenters. The zero-order valence-corrected chi connectivity index (χ0v) is 9.14. The van der Waals surface area contributed by atoms with Crippen molar-refractivity contribution in [2.45, 2.75) is 23.1 Å². The van der Waals surface area contributed by atoms with E-state index >= 15 is 0 Å². The second-order valence-electron chi connectivity index (χ2n) is 3.46. The van der Waals surface area contributed by atoms with Crippen LogP contribution in [0.15, 0.2) is 23.1 Å². The highest BCUT2D eigenvalue weighted by atomic mass is 35.5. The van der Waals surface area contributed by atoms with Gasteiger partial charge in [0.1, 0.15) is 0 Å². The lowest BCUT2D eigenvalue weighted by atomic mass is 10.1. The minimum absolute atomic E-state index is 0.321. The second kappa shape index (κ2) is 2.95. The molecule has 0 aliphatic carbocycles. The van der Waals surface area contributed by atoms with Gasteiger partial charge in [0.15, 0.2) is 9.84 Å². The van der Waals surface area contributed by atoms with Crippen LogP contribution in [-0.4, -0.2) is 13.7 Å². The van der Waals surface area contributed by atoms with Gasteiger partial charge in [-0.05, 0) is 30.7 Å². The summed E-state index contributed by atoms with van der Waals surface area (Å²) in [5.41, 5.74) is 6.43. The first-order valence-electron chi connectivity index (χ1n) is 4.23. The topological polar surface area (TPSA) is 60.2 Å². The van der Waals surface area contributed by atoms with Crippen molar-refractivity contribution < 1.29 is 8.42 Å². The highest BCUT2D eigenvalue weighted by molar-refractivity contribution is 7.92. The Balaban J connectivity index is 2.75. The van der Waals surface area contributed by atoms with Gasteiger partial charge in [0.05, 0.1) is 10.1 Å². The predicted molar refractivity (Wildman–Crippen MR) is 55.0 cm³/mol. The fraction of sp³-hybridized carbons (Fsp3) is 0.333. The summed E-state index contributed by atoms with van der Waals surface area (Å²) in [5, 5.41) is -0.0422. The average molecular weight is 232 g/mol. The molecule has 0 radical (unpaired) electrons. The molecule has 0 aromatic heterocycles. The molecule has 0 bridgehead atoms. The largest absolute Gasteiger partial charge is 0.323 e. The molecule has 0 saturated carbocycles. The lowest BCUT2D eigenvalue weighted by Gasteiger charge is -2.07. The van der Waals surface area contributed by atoms with Crippen LogP contribution in [0.5, 0.6) is 0 Å². The van der Waals surface area contributed by atoms with Crippen molar-refractivity contribution in [1.29, 1.82) is 0 Å². The maximum atomic E-state index is 11.8. The highest BCUT2D eigenvalue weighted by Gasteiger charge is 2.39. The Morgan fingerprint density at radius 3 is 2.71 bits per heavy atom. The molecule has 14 heavy (non-hydrogen) atoms. The number of halogens is 1. The number of rotatable bonds is 0. The molecule has 2 atom stereocenters. The Kier molecular flexibility index (Phi) is 2.10. The monoisotopic (exact) mass is 231 g/mol. The van der Waals surface area contributed by atoms with Gasteiger partial charge in [0, 0.05) is 11.1 Å². The Morgan fingerprint density at radius 1 is 1.43 bits per heavy atom. The summed E-state index contributed by atoms with van der Waals surface area (Å²) >= 11 is 5.78. The summed E-state index contributed by atoms with van der Waals surface area (Å²) in [6.45, 7) is 1.62. The van der Waals surface area contributed by atoms with Gasteiger partial charge in [-0.2, -0.15) is 0 Å².